The Balaban J connectivity index is 2.22. The summed E-state index contributed by atoms with van der Waals surface area (Å²) >= 11 is 5.99. The molecular formula is C15H20ClNO2. The number of hydrogen-bond acceptors (Lipinski definition) is 2. The van der Waals surface area contributed by atoms with E-state index in [0.717, 1.165) is 12.8 Å². The molecule has 1 aliphatic carbocycles. The number of carboxylic acid groups (broad SMARTS) is 1. The molecule has 0 saturated heterocycles. The smallest absolute Gasteiger partial charge is 0.339 e. The van der Waals surface area contributed by atoms with E-state index < -0.39 is 5.97 Å². The lowest BCUT2D eigenvalue weighted by atomic mass is 9.82. The highest BCUT2D eigenvalue weighted by Gasteiger charge is 2.25. The predicted molar refractivity (Wildman–Crippen MR) is 78.1 cm³/mol. The molecule has 0 aromatic heterocycles. The number of nitrogens with one attached hydrogen (secondary N) is 1. The van der Waals surface area contributed by atoms with E-state index in [9.17, 15) is 9.90 Å². The fourth-order valence-corrected chi connectivity index (χ4v) is 3.20. The average molecular weight is 282 g/mol. The second kappa shape index (κ2) is 6.29. The van der Waals surface area contributed by atoms with Crippen LogP contribution in [0.5, 0.6) is 0 Å². The Hall–Kier alpha value is -1.22. The third kappa shape index (κ3) is 3.21. The highest BCUT2D eigenvalue weighted by Crippen LogP contribution is 2.32. The largest absolute Gasteiger partial charge is 0.478 e. The lowest BCUT2D eigenvalue weighted by Gasteiger charge is -2.32. The molecule has 1 saturated carbocycles. The number of rotatable bonds is 4. The number of halogens is 1. The summed E-state index contributed by atoms with van der Waals surface area (Å²) in [5.41, 5.74) is 0.829. The van der Waals surface area contributed by atoms with Crippen LogP contribution in [0.4, 0.5) is 5.69 Å². The molecule has 104 valence electrons. The maximum atomic E-state index is 11.3. The predicted octanol–water partition coefficient (Wildman–Crippen LogP) is 4.42. The van der Waals surface area contributed by atoms with Crippen LogP contribution in [-0.2, 0) is 0 Å². The van der Waals surface area contributed by atoms with Crippen molar-refractivity contribution in [1.29, 1.82) is 0 Å². The Morgan fingerprint density at radius 3 is 2.84 bits per heavy atom. The number of aromatic carboxylic acids is 1. The molecule has 1 aromatic carbocycles. The first-order valence-electron chi connectivity index (χ1n) is 6.91. The van der Waals surface area contributed by atoms with E-state index in [0.29, 0.717) is 22.7 Å². The van der Waals surface area contributed by atoms with Crippen molar-refractivity contribution in [3.8, 4) is 0 Å². The van der Waals surface area contributed by atoms with Crippen LogP contribution in [0.25, 0.3) is 0 Å². The molecule has 0 aliphatic heterocycles. The summed E-state index contributed by atoms with van der Waals surface area (Å²) in [4.78, 5) is 11.3. The summed E-state index contributed by atoms with van der Waals surface area (Å²) < 4.78 is 0. The fraction of sp³-hybridized carbons (Fsp3) is 0.533. The quantitative estimate of drug-likeness (QED) is 0.859. The van der Waals surface area contributed by atoms with Gasteiger partial charge in [0, 0.05) is 6.04 Å². The summed E-state index contributed by atoms with van der Waals surface area (Å²) in [6, 6.07) is 5.57. The maximum Gasteiger partial charge on any atom is 0.339 e. The van der Waals surface area contributed by atoms with Gasteiger partial charge in [-0.05, 0) is 30.9 Å². The van der Waals surface area contributed by atoms with Gasteiger partial charge in [0.15, 0.2) is 0 Å². The zero-order chi connectivity index (χ0) is 13.8. The van der Waals surface area contributed by atoms with Gasteiger partial charge in [-0.15, -0.1) is 0 Å². The third-order valence-corrected chi connectivity index (χ3v) is 4.32. The van der Waals surface area contributed by atoms with E-state index in [4.69, 9.17) is 11.6 Å². The van der Waals surface area contributed by atoms with Crippen LogP contribution in [0.2, 0.25) is 5.02 Å². The molecule has 2 atom stereocenters. The lowest BCUT2D eigenvalue weighted by molar-refractivity contribution is 0.0698. The van der Waals surface area contributed by atoms with Gasteiger partial charge in [0.2, 0.25) is 0 Å². The lowest BCUT2D eigenvalue weighted by Crippen LogP contribution is -2.32. The first kappa shape index (κ1) is 14.2. The Labute approximate surface area is 119 Å². The molecule has 1 fully saturated rings. The van der Waals surface area contributed by atoms with Crippen molar-refractivity contribution < 1.29 is 9.90 Å². The SMILES string of the molecule is CCC1CCCCC1Nc1cccc(Cl)c1C(=O)O. The van der Waals surface area contributed by atoms with Crippen LogP contribution in [0.15, 0.2) is 18.2 Å². The average Bonchev–Trinajstić information content (AvgIpc) is 2.39. The van der Waals surface area contributed by atoms with Crippen molar-refractivity contribution in [1.82, 2.24) is 0 Å². The van der Waals surface area contributed by atoms with Gasteiger partial charge in [0.25, 0.3) is 0 Å². The van der Waals surface area contributed by atoms with Gasteiger partial charge in [-0.1, -0.05) is 43.9 Å². The van der Waals surface area contributed by atoms with Gasteiger partial charge in [-0.25, -0.2) is 4.79 Å². The summed E-state index contributed by atoms with van der Waals surface area (Å²) in [5, 5.41) is 13.0. The number of benzene rings is 1. The molecule has 2 N–H and O–H groups in total. The van der Waals surface area contributed by atoms with Gasteiger partial charge in [-0.2, -0.15) is 0 Å². The maximum absolute atomic E-state index is 11.3. The minimum atomic E-state index is -0.975. The van der Waals surface area contributed by atoms with Crippen molar-refractivity contribution in [2.75, 3.05) is 5.32 Å². The number of anilines is 1. The molecule has 0 radical (unpaired) electrons. The Morgan fingerprint density at radius 2 is 2.16 bits per heavy atom. The van der Waals surface area contributed by atoms with Crippen LogP contribution in [0.1, 0.15) is 49.4 Å². The van der Waals surface area contributed by atoms with Crippen LogP contribution in [-0.4, -0.2) is 17.1 Å². The molecule has 3 nitrogen and oxygen atoms in total. The molecule has 2 unspecified atom stereocenters. The molecule has 0 amide bonds. The fourth-order valence-electron chi connectivity index (χ4n) is 2.95. The zero-order valence-electron chi connectivity index (χ0n) is 11.2. The van der Waals surface area contributed by atoms with Crippen LogP contribution in [0.3, 0.4) is 0 Å². The molecule has 1 aromatic rings. The van der Waals surface area contributed by atoms with E-state index in [-0.39, 0.29) is 5.56 Å². The topological polar surface area (TPSA) is 49.3 Å². The van der Waals surface area contributed by atoms with Crippen LogP contribution in [0, 0.1) is 5.92 Å². The minimum absolute atomic E-state index is 0.185. The molecule has 0 heterocycles. The number of hydrogen-bond donors (Lipinski definition) is 2. The first-order chi connectivity index (χ1) is 9.13. The summed E-state index contributed by atoms with van der Waals surface area (Å²) in [5.74, 6) is -0.355. The molecule has 1 aliphatic rings. The molecule has 19 heavy (non-hydrogen) atoms. The van der Waals surface area contributed by atoms with Crippen LogP contribution < -0.4 is 5.32 Å². The molecule has 4 heteroatoms. The molecular weight excluding hydrogens is 262 g/mol. The van der Waals surface area contributed by atoms with Crippen molar-refractivity contribution in [3.05, 3.63) is 28.8 Å². The van der Waals surface area contributed by atoms with E-state index in [1.54, 1.807) is 18.2 Å². The van der Waals surface area contributed by atoms with Gasteiger partial charge >= 0.3 is 5.97 Å². The third-order valence-electron chi connectivity index (χ3n) is 4.00. The van der Waals surface area contributed by atoms with Gasteiger partial charge in [-0.3, -0.25) is 0 Å². The molecule has 0 bridgehead atoms. The number of carboxylic acids is 1. The highest BCUT2D eigenvalue weighted by molar-refractivity contribution is 6.34. The van der Waals surface area contributed by atoms with Crippen molar-refractivity contribution in [2.24, 2.45) is 5.92 Å². The monoisotopic (exact) mass is 281 g/mol. The van der Waals surface area contributed by atoms with E-state index >= 15 is 0 Å². The Kier molecular flexibility index (Phi) is 4.70. The van der Waals surface area contributed by atoms with Gasteiger partial charge < -0.3 is 10.4 Å². The molecule has 0 spiro atoms. The summed E-state index contributed by atoms with van der Waals surface area (Å²) in [6.45, 7) is 2.20. The van der Waals surface area contributed by atoms with E-state index in [2.05, 4.69) is 12.2 Å². The second-order valence-electron chi connectivity index (χ2n) is 5.17. The molecule has 2 rings (SSSR count). The normalized spacial score (nSPS) is 23.1. The van der Waals surface area contributed by atoms with Gasteiger partial charge in [0.05, 0.1) is 10.7 Å². The van der Waals surface area contributed by atoms with Crippen molar-refractivity contribution in [3.63, 3.8) is 0 Å². The summed E-state index contributed by atoms with van der Waals surface area (Å²) in [7, 11) is 0. The first-order valence-corrected chi connectivity index (χ1v) is 7.29. The van der Waals surface area contributed by atoms with E-state index in [1.807, 2.05) is 0 Å². The highest BCUT2D eigenvalue weighted by atomic mass is 35.5. The van der Waals surface area contributed by atoms with E-state index in [1.165, 1.54) is 19.3 Å². The van der Waals surface area contributed by atoms with Crippen molar-refractivity contribution >= 4 is 23.3 Å². The Bertz CT molecular complexity index is 461. The summed E-state index contributed by atoms with van der Waals surface area (Å²) in [6.07, 6.45) is 5.93. The Morgan fingerprint density at radius 1 is 1.42 bits per heavy atom. The minimum Gasteiger partial charge on any atom is -0.478 e. The number of carbonyl (C=O) groups is 1. The second-order valence-corrected chi connectivity index (χ2v) is 5.58. The standard InChI is InChI=1S/C15H20ClNO2/c1-2-10-6-3-4-8-12(10)17-13-9-5-7-11(16)14(13)15(18)19/h5,7,9-10,12,17H,2-4,6,8H2,1H3,(H,18,19). The zero-order valence-corrected chi connectivity index (χ0v) is 11.9. The van der Waals surface area contributed by atoms with Crippen LogP contribution >= 0.6 is 11.6 Å². The van der Waals surface area contributed by atoms with Crippen molar-refractivity contribution in [2.45, 2.75) is 45.1 Å². The van der Waals surface area contributed by atoms with Gasteiger partial charge in [0.1, 0.15) is 5.56 Å².